The van der Waals surface area contributed by atoms with E-state index >= 15 is 0 Å². The lowest BCUT2D eigenvalue weighted by Gasteiger charge is -2.19. The highest BCUT2D eigenvalue weighted by atomic mass is 35.5. The molecule has 35 heavy (non-hydrogen) atoms. The summed E-state index contributed by atoms with van der Waals surface area (Å²) in [5.74, 6) is -1.42. The van der Waals surface area contributed by atoms with Crippen LogP contribution in [0.2, 0.25) is 10.0 Å². The minimum atomic E-state index is -4.60. The monoisotopic (exact) mass is 592 g/mol. The fourth-order valence-electron chi connectivity index (χ4n) is 3.51. The van der Waals surface area contributed by atoms with Crippen LogP contribution in [0.3, 0.4) is 0 Å². The van der Waals surface area contributed by atoms with Crippen molar-refractivity contribution in [2.45, 2.75) is 24.1 Å². The first-order valence-electron chi connectivity index (χ1n) is 10.0. The summed E-state index contributed by atoms with van der Waals surface area (Å²) in [4.78, 5) is 2.22. The number of thiazole rings is 1. The zero-order chi connectivity index (χ0) is 25.5. The molecule has 186 valence electrons. The van der Waals surface area contributed by atoms with Gasteiger partial charge in [0.1, 0.15) is 4.70 Å². The van der Waals surface area contributed by atoms with Crippen LogP contribution < -0.4 is 9.47 Å². The van der Waals surface area contributed by atoms with Gasteiger partial charge in [-0.3, -0.25) is 4.55 Å². The number of hydrogen-bond acceptors (Lipinski definition) is 8. The van der Waals surface area contributed by atoms with Gasteiger partial charge in [0, 0.05) is 27.1 Å². The van der Waals surface area contributed by atoms with Crippen LogP contribution in [0.15, 0.2) is 58.0 Å². The summed E-state index contributed by atoms with van der Waals surface area (Å²) in [6.07, 6.45) is 4.02. The number of thioether (sulfide) groups is 1. The van der Waals surface area contributed by atoms with Gasteiger partial charge in [0.25, 0.3) is 15.1 Å². The van der Waals surface area contributed by atoms with E-state index in [0.29, 0.717) is 37.7 Å². The molecule has 0 radical (unpaired) electrons. The maximum absolute atomic E-state index is 11.7. The lowest BCUT2D eigenvalue weighted by Crippen LogP contribution is -2.39. The Morgan fingerprint density at radius 2 is 1.83 bits per heavy atom. The second-order valence-electron chi connectivity index (χ2n) is 7.58. The van der Waals surface area contributed by atoms with Gasteiger partial charge in [0.05, 0.1) is 10.7 Å². The first kappa shape index (κ1) is 26.4. The zero-order valence-electron chi connectivity index (χ0n) is 18.0. The van der Waals surface area contributed by atoms with Crippen LogP contribution in [0.5, 0.6) is 0 Å². The van der Waals surface area contributed by atoms with Gasteiger partial charge in [-0.05, 0) is 48.4 Å². The number of nitrogens with zero attached hydrogens (tertiary/aromatic N) is 2. The fraction of sp³-hybridized carbons (Fsp3) is 0.190. The van der Waals surface area contributed by atoms with E-state index in [0.717, 1.165) is 15.2 Å². The third-order valence-corrected chi connectivity index (χ3v) is 8.84. The average molecular weight is 594 g/mol. The van der Waals surface area contributed by atoms with Crippen molar-refractivity contribution in [3.8, 4) is 0 Å². The molecule has 4 rings (SSSR count). The van der Waals surface area contributed by atoms with E-state index in [1.54, 1.807) is 48.6 Å². The molecule has 1 N–H and O–H groups in total. The number of rotatable bonds is 7. The van der Waals surface area contributed by atoms with Gasteiger partial charge >= 0.3 is 0 Å². The van der Waals surface area contributed by atoms with Crippen LogP contribution in [-0.4, -0.2) is 31.8 Å². The second-order valence-corrected chi connectivity index (χ2v) is 13.4. The molecule has 8 nitrogen and oxygen atoms in total. The third-order valence-electron chi connectivity index (χ3n) is 4.99. The SMILES string of the molecule is CCC(=C/c1sc2ccc(Cl)cc2[n+]1CS(=O)(=O)[O-])/C=C1/Sc2ccc(Cl)cc2N1CS(=O)(=O)O. The highest BCUT2D eigenvalue weighted by Gasteiger charge is 2.29. The van der Waals surface area contributed by atoms with Crippen molar-refractivity contribution in [2.75, 3.05) is 10.8 Å². The highest BCUT2D eigenvalue weighted by molar-refractivity contribution is 8.03. The molecule has 1 aliphatic rings. The molecule has 0 bridgehead atoms. The fourth-order valence-corrected chi connectivity index (χ4v) is 7.45. The van der Waals surface area contributed by atoms with Crippen LogP contribution in [0.1, 0.15) is 18.4 Å². The van der Waals surface area contributed by atoms with Crippen LogP contribution in [0.4, 0.5) is 5.69 Å². The molecular weight excluding hydrogens is 575 g/mol. The normalized spacial score (nSPS) is 15.9. The molecule has 1 aliphatic heterocycles. The van der Waals surface area contributed by atoms with Crippen LogP contribution in [-0.2, 0) is 26.1 Å². The molecule has 3 aromatic rings. The van der Waals surface area contributed by atoms with Crippen molar-refractivity contribution < 1.29 is 30.5 Å². The maximum atomic E-state index is 11.7. The van der Waals surface area contributed by atoms with Gasteiger partial charge < -0.3 is 9.45 Å². The van der Waals surface area contributed by atoms with Crippen molar-refractivity contribution >= 4 is 88.5 Å². The summed E-state index contributed by atoms with van der Waals surface area (Å²) in [6, 6.07) is 10.1. The Balaban J connectivity index is 1.83. The Morgan fingerprint density at radius 1 is 1.14 bits per heavy atom. The van der Waals surface area contributed by atoms with Gasteiger partial charge in [-0.2, -0.15) is 13.0 Å². The highest BCUT2D eigenvalue weighted by Crippen LogP contribution is 2.47. The first-order valence-corrected chi connectivity index (χ1v) is 15.6. The third kappa shape index (κ3) is 6.38. The lowest BCUT2D eigenvalue weighted by molar-refractivity contribution is -0.649. The molecule has 0 amide bonds. The topological polar surface area (TPSA) is 119 Å². The minimum Gasteiger partial charge on any atom is -0.743 e. The molecule has 0 saturated heterocycles. The Morgan fingerprint density at radius 3 is 2.49 bits per heavy atom. The van der Waals surface area contributed by atoms with E-state index in [1.807, 2.05) is 6.92 Å². The summed E-state index contributed by atoms with van der Waals surface area (Å²) < 4.78 is 69.9. The van der Waals surface area contributed by atoms with Gasteiger partial charge in [-0.15, -0.1) is 0 Å². The largest absolute Gasteiger partial charge is 0.743 e. The second kappa shape index (κ2) is 10.0. The molecule has 14 heteroatoms. The summed E-state index contributed by atoms with van der Waals surface area (Å²) in [5, 5.41) is 1.88. The van der Waals surface area contributed by atoms with Gasteiger partial charge in [0.15, 0.2) is 16.0 Å². The van der Waals surface area contributed by atoms with Crippen molar-refractivity contribution in [2.24, 2.45) is 0 Å². The number of fused-ring (bicyclic) bond motifs is 2. The number of halogens is 2. The molecule has 0 atom stereocenters. The van der Waals surface area contributed by atoms with E-state index in [4.69, 9.17) is 23.2 Å². The van der Waals surface area contributed by atoms with Crippen molar-refractivity contribution in [3.63, 3.8) is 0 Å². The quantitative estimate of drug-likeness (QED) is 0.297. The Labute approximate surface area is 221 Å². The van der Waals surface area contributed by atoms with Crippen molar-refractivity contribution in [1.82, 2.24) is 0 Å². The number of hydrogen-bond donors (Lipinski definition) is 1. The smallest absolute Gasteiger partial charge is 0.283 e. The molecule has 2 aromatic carbocycles. The van der Waals surface area contributed by atoms with E-state index in [1.165, 1.54) is 32.6 Å². The molecule has 1 aromatic heterocycles. The lowest BCUT2D eigenvalue weighted by atomic mass is 10.2. The molecule has 0 fully saturated rings. The maximum Gasteiger partial charge on any atom is 0.283 e. The summed E-state index contributed by atoms with van der Waals surface area (Å²) >= 11 is 14.8. The summed E-state index contributed by atoms with van der Waals surface area (Å²) in [6.45, 7) is 1.89. The zero-order valence-corrected chi connectivity index (χ0v) is 22.8. The van der Waals surface area contributed by atoms with E-state index < -0.39 is 32.0 Å². The molecular formula is C21H18Cl2N2O6S4. The number of anilines is 1. The van der Waals surface area contributed by atoms with Crippen LogP contribution >= 0.6 is 46.3 Å². The van der Waals surface area contributed by atoms with E-state index in [2.05, 4.69) is 0 Å². The van der Waals surface area contributed by atoms with Crippen LogP contribution in [0.25, 0.3) is 16.3 Å². The Kier molecular flexibility index (Phi) is 7.56. The van der Waals surface area contributed by atoms with Crippen molar-refractivity contribution in [3.05, 3.63) is 68.1 Å². The van der Waals surface area contributed by atoms with E-state index in [-0.39, 0.29) is 0 Å². The predicted octanol–water partition coefficient (Wildman–Crippen LogP) is 5.09. The van der Waals surface area contributed by atoms with Gasteiger partial charge in [0.2, 0.25) is 11.4 Å². The standard InChI is InChI=1S/C21H18Cl2N2O6S4/c1-2-13(7-20-24(11-34(26,27)28)16-9-14(22)3-5-18(16)32-20)8-21-25(12-35(29,30)31)17-10-15(23)4-6-19(17)33-21/h3-10H,2,11-12H2,1H3,(H-,26,27,28,29,30,31). The number of benzene rings is 2. The molecule has 0 aliphatic carbocycles. The first-order chi connectivity index (χ1) is 16.3. The molecule has 0 saturated carbocycles. The summed E-state index contributed by atoms with van der Waals surface area (Å²) in [7, 11) is -8.95. The number of allylic oxidation sites excluding steroid dienone is 2. The van der Waals surface area contributed by atoms with Gasteiger partial charge in [-0.1, -0.05) is 53.2 Å². The predicted molar refractivity (Wildman–Crippen MR) is 139 cm³/mol. The Hall–Kier alpha value is -1.64. The average Bonchev–Trinajstić information content (AvgIpc) is 3.23. The van der Waals surface area contributed by atoms with Crippen molar-refractivity contribution in [1.29, 1.82) is 0 Å². The van der Waals surface area contributed by atoms with Gasteiger partial charge in [-0.25, -0.2) is 8.42 Å². The molecule has 2 heterocycles. The van der Waals surface area contributed by atoms with Crippen LogP contribution in [0, 0.1) is 0 Å². The van der Waals surface area contributed by atoms with E-state index in [9.17, 15) is 25.9 Å². The summed E-state index contributed by atoms with van der Waals surface area (Å²) in [5.41, 5.74) is 1.80. The minimum absolute atomic E-state index is 0.403. The Bertz CT molecular complexity index is 1600. The number of aromatic nitrogens is 1. The molecule has 0 spiro atoms. The molecule has 0 unspecified atom stereocenters.